The van der Waals surface area contributed by atoms with E-state index in [1.54, 1.807) is 7.11 Å². The highest BCUT2D eigenvalue weighted by Gasteiger charge is 2.36. The Morgan fingerprint density at radius 1 is 1.64 bits per heavy atom. The van der Waals surface area contributed by atoms with Crippen molar-refractivity contribution in [3.8, 4) is 12.3 Å². The Labute approximate surface area is 68.3 Å². The molecule has 0 aromatic heterocycles. The molecule has 0 heterocycles. The van der Waals surface area contributed by atoms with Crippen LogP contribution in [0.2, 0.25) is 0 Å². The summed E-state index contributed by atoms with van der Waals surface area (Å²) in [4.78, 5) is 0. The van der Waals surface area contributed by atoms with Crippen LogP contribution in [-0.4, -0.2) is 25.8 Å². The van der Waals surface area contributed by atoms with Crippen LogP contribution in [0.15, 0.2) is 0 Å². The van der Waals surface area contributed by atoms with Gasteiger partial charge in [-0.1, -0.05) is 5.92 Å². The van der Waals surface area contributed by atoms with Gasteiger partial charge in [0, 0.05) is 13.7 Å². The molecule has 2 heteroatoms. The van der Waals surface area contributed by atoms with Crippen molar-refractivity contribution in [2.45, 2.75) is 24.9 Å². The van der Waals surface area contributed by atoms with Crippen LogP contribution in [0.1, 0.15) is 19.3 Å². The van der Waals surface area contributed by atoms with Crippen LogP contribution in [0.4, 0.5) is 0 Å². The first-order valence-corrected chi connectivity index (χ1v) is 4.02. The van der Waals surface area contributed by atoms with Crippen molar-refractivity contribution in [2.75, 3.05) is 20.2 Å². The second-order valence-corrected chi connectivity index (χ2v) is 3.05. The summed E-state index contributed by atoms with van der Waals surface area (Å²) in [6, 6.07) is 0. The lowest BCUT2D eigenvalue weighted by Gasteiger charge is -2.40. The zero-order valence-corrected chi connectivity index (χ0v) is 7.02. The minimum absolute atomic E-state index is 0.108. The van der Waals surface area contributed by atoms with Crippen molar-refractivity contribution in [1.82, 2.24) is 5.32 Å². The molecule has 1 aliphatic carbocycles. The quantitative estimate of drug-likeness (QED) is 0.476. The van der Waals surface area contributed by atoms with Crippen LogP contribution >= 0.6 is 0 Å². The van der Waals surface area contributed by atoms with Gasteiger partial charge in [0.25, 0.3) is 0 Å². The zero-order valence-electron chi connectivity index (χ0n) is 7.02. The molecule has 1 rings (SSSR count). The summed E-state index contributed by atoms with van der Waals surface area (Å²) in [5, 5.41) is 3.17. The van der Waals surface area contributed by atoms with Crippen LogP contribution in [0.25, 0.3) is 0 Å². The maximum Gasteiger partial charge on any atom is 0.0802 e. The largest absolute Gasteiger partial charge is 0.377 e. The molecule has 1 fully saturated rings. The topological polar surface area (TPSA) is 21.3 Å². The highest BCUT2D eigenvalue weighted by molar-refractivity contribution is 4.94. The molecule has 1 saturated carbocycles. The van der Waals surface area contributed by atoms with Gasteiger partial charge >= 0.3 is 0 Å². The Morgan fingerprint density at radius 3 is 2.73 bits per heavy atom. The zero-order chi connectivity index (χ0) is 8.16. The smallest absolute Gasteiger partial charge is 0.0802 e. The molecule has 0 aromatic carbocycles. The summed E-state index contributed by atoms with van der Waals surface area (Å²) in [5.41, 5.74) is 0.108. The van der Waals surface area contributed by atoms with Crippen molar-refractivity contribution in [1.29, 1.82) is 0 Å². The van der Waals surface area contributed by atoms with E-state index in [-0.39, 0.29) is 5.60 Å². The van der Waals surface area contributed by atoms with Crippen LogP contribution in [0.3, 0.4) is 0 Å². The molecule has 0 radical (unpaired) electrons. The fourth-order valence-corrected chi connectivity index (χ4v) is 1.39. The lowest BCUT2D eigenvalue weighted by Crippen LogP contribution is -2.48. The molecule has 1 aliphatic rings. The minimum Gasteiger partial charge on any atom is -0.377 e. The van der Waals surface area contributed by atoms with E-state index in [2.05, 4.69) is 11.2 Å². The van der Waals surface area contributed by atoms with E-state index >= 15 is 0 Å². The Kier molecular flexibility index (Phi) is 2.92. The lowest BCUT2D eigenvalue weighted by atomic mass is 9.80. The maximum absolute atomic E-state index is 5.39. The Morgan fingerprint density at radius 2 is 2.36 bits per heavy atom. The monoisotopic (exact) mass is 153 g/mol. The van der Waals surface area contributed by atoms with Crippen LogP contribution in [0, 0.1) is 12.3 Å². The van der Waals surface area contributed by atoms with Crippen molar-refractivity contribution in [3.05, 3.63) is 0 Å². The van der Waals surface area contributed by atoms with Gasteiger partial charge in [0.05, 0.1) is 12.1 Å². The van der Waals surface area contributed by atoms with Crippen molar-refractivity contribution >= 4 is 0 Å². The third-order valence-corrected chi connectivity index (χ3v) is 2.37. The standard InChI is InChI=1S/C9H15NO/c1-3-7-10-8-9(11-2)5-4-6-9/h1,10H,4-8H2,2H3. The second-order valence-electron chi connectivity index (χ2n) is 3.05. The predicted molar refractivity (Wildman–Crippen MR) is 45.3 cm³/mol. The van der Waals surface area contributed by atoms with Gasteiger partial charge in [-0.3, -0.25) is 0 Å². The van der Waals surface area contributed by atoms with E-state index in [0.717, 1.165) is 6.54 Å². The highest BCUT2D eigenvalue weighted by Crippen LogP contribution is 2.33. The van der Waals surface area contributed by atoms with Crippen molar-refractivity contribution in [2.24, 2.45) is 0 Å². The summed E-state index contributed by atoms with van der Waals surface area (Å²) in [6.45, 7) is 1.54. The van der Waals surface area contributed by atoms with Crippen LogP contribution < -0.4 is 5.32 Å². The Bertz CT molecular complexity index is 150. The molecule has 1 N–H and O–H groups in total. The van der Waals surface area contributed by atoms with E-state index in [0.29, 0.717) is 6.54 Å². The van der Waals surface area contributed by atoms with Gasteiger partial charge in [0.15, 0.2) is 0 Å². The molecule has 0 saturated heterocycles. The molecule has 0 bridgehead atoms. The van der Waals surface area contributed by atoms with E-state index in [4.69, 9.17) is 11.2 Å². The number of rotatable bonds is 4. The molecule has 0 amide bonds. The van der Waals surface area contributed by atoms with E-state index < -0.39 is 0 Å². The lowest BCUT2D eigenvalue weighted by molar-refractivity contribution is -0.0687. The van der Waals surface area contributed by atoms with Crippen LogP contribution in [-0.2, 0) is 4.74 Å². The summed E-state index contributed by atoms with van der Waals surface area (Å²) in [7, 11) is 1.77. The number of ether oxygens (including phenoxy) is 1. The van der Waals surface area contributed by atoms with Crippen LogP contribution in [0.5, 0.6) is 0 Å². The fourth-order valence-electron chi connectivity index (χ4n) is 1.39. The normalized spacial score (nSPS) is 20.4. The molecule has 0 aliphatic heterocycles. The number of methoxy groups -OCH3 is 1. The first-order chi connectivity index (χ1) is 5.33. The summed E-state index contributed by atoms with van der Waals surface area (Å²) in [6.07, 6.45) is 8.72. The SMILES string of the molecule is C#CCNCC1(OC)CCC1. The predicted octanol–water partition coefficient (Wildman–Crippen LogP) is 0.778. The molecule has 0 atom stereocenters. The fraction of sp³-hybridized carbons (Fsp3) is 0.778. The van der Waals surface area contributed by atoms with E-state index in [1.165, 1.54) is 19.3 Å². The van der Waals surface area contributed by atoms with Crippen molar-refractivity contribution in [3.63, 3.8) is 0 Å². The van der Waals surface area contributed by atoms with Gasteiger partial charge in [-0.2, -0.15) is 0 Å². The average Bonchev–Trinajstić information content (AvgIpc) is 1.95. The first-order valence-electron chi connectivity index (χ1n) is 4.02. The number of terminal acetylenes is 1. The summed E-state index contributed by atoms with van der Waals surface area (Å²) >= 11 is 0. The summed E-state index contributed by atoms with van der Waals surface area (Å²) < 4.78 is 5.39. The molecule has 0 aromatic rings. The number of hydrogen-bond acceptors (Lipinski definition) is 2. The maximum atomic E-state index is 5.39. The molecule has 2 nitrogen and oxygen atoms in total. The van der Waals surface area contributed by atoms with Crippen molar-refractivity contribution < 1.29 is 4.74 Å². The minimum atomic E-state index is 0.108. The molecule has 11 heavy (non-hydrogen) atoms. The third-order valence-electron chi connectivity index (χ3n) is 2.37. The first kappa shape index (κ1) is 8.58. The molecular weight excluding hydrogens is 138 g/mol. The van der Waals surface area contributed by atoms with E-state index in [1.807, 2.05) is 0 Å². The second kappa shape index (κ2) is 3.75. The third kappa shape index (κ3) is 1.95. The average molecular weight is 153 g/mol. The van der Waals surface area contributed by atoms with Gasteiger partial charge in [-0.15, -0.1) is 6.42 Å². The number of hydrogen-bond donors (Lipinski definition) is 1. The van der Waals surface area contributed by atoms with Gasteiger partial charge in [0.2, 0.25) is 0 Å². The number of nitrogens with one attached hydrogen (secondary N) is 1. The van der Waals surface area contributed by atoms with E-state index in [9.17, 15) is 0 Å². The molecule has 62 valence electrons. The summed E-state index contributed by atoms with van der Waals surface area (Å²) in [5.74, 6) is 2.55. The van der Waals surface area contributed by atoms with Gasteiger partial charge in [-0.25, -0.2) is 0 Å². The Hall–Kier alpha value is -0.520. The van der Waals surface area contributed by atoms with Gasteiger partial charge in [0.1, 0.15) is 0 Å². The van der Waals surface area contributed by atoms with Gasteiger partial charge < -0.3 is 10.1 Å². The molecule has 0 spiro atoms. The highest BCUT2D eigenvalue weighted by atomic mass is 16.5. The molecule has 0 unspecified atom stereocenters. The Balaban J connectivity index is 2.17. The van der Waals surface area contributed by atoms with Gasteiger partial charge in [-0.05, 0) is 19.3 Å². The molecular formula is C9H15NO.